The van der Waals surface area contributed by atoms with Gasteiger partial charge in [-0.15, -0.1) is 0 Å². The van der Waals surface area contributed by atoms with Gasteiger partial charge in [0.15, 0.2) is 6.29 Å². The maximum atomic E-state index is 9.80. The van der Waals surface area contributed by atoms with Gasteiger partial charge in [-0.3, -0.25) is 0 Å². The highest BCUT2D eigenvalue weighted by Gasteiger charge is 2.45. The van der Waals surface area contributed by atoms with Crippen molar-refractivity contribution < 1.29 is 29.5 Å². The second kappa shape index (κ2) is 5.72. The summed E-state index contributed by atoms with van der Waals surface area (Å²) in [5.74, 6) is 0.414. The van der Waals surface area contributed by atoms with Crippen molar-refractivity contribution in [1.82, 2.24) is 0 Å². The molecule has 1 aliphatic heterocycles. The Bertz CT molecular complexity index is 409. The Morgan fingerprint density at radius 3 is 2.16 bits per heavy atom. The summed E-state index contributed by atoms with van der Waals surface area (Å²) in [7, 11) is 1.32. The molecule has 19 heavy (non-hydrogen) atoms. The number of hydrogen-bond donors (Lipinski definition) is 4. The van der Waals surface area contributed by atoms with Crippen molar-refractivity contribution in [3.05, 3.63) is 24.3 Å². The molecule has 0 aliphatic carbocycles. The molecule has 7 heteroatoms. The zero-order valence-electron chi connectivity index (χ0n) is 10.3. The fourth-order valence-corrected chi connectivity index (χ4v) is 1.79. The number of anilines is 1. The van der Waals surface area contributed by atoms with Crippen molar-refractivity contribution >= 4 is 5.69 Å². The van der Waals surface area contributed by atoms with Crippen molar-refractivity contribution in [1.29, 1.82) is 0 Å². The molecule has 1 aromatic carbocycles. The van der Waals surface area contributed by atoms with Crippen LogP contribution in [0.3, 0.4) is 0 Å². The van der Waals surface area contributed by atoms with E-state index in [9.17, 15) is 15.3 Å². The predicted octanol–water partition coefficient (Wildman–Crippen LogP) is -0.941. The van der Waals surface area contributed by atoms with Gasteiger partial charge in [0.25, 0.3) is 0 Å². The summed E-state index contributed by atoms with van der Waals surface area (Å²) in [4.78, 5) is 0. The number of rotatable bonds is 3. The van der Waals surface area contributed by atoms with Gasteiger partial charge >= 0.3 is 0 Å². The van der Waals surface area contributed by atoms with Crippen LogP contribution >= 0.6 is 0 Å². The SMILES string of the molecule is CO[C@H]1O[C@@H](Oc2ccc(N)cc2)[C@H](O)[C@@H](O)[C@H]1O. The number of nitrogen functional groups attached to an aromatic ring is 1. The van der Waals surface area contributed by atoms with E-state index >= 15 is 0 Å². The minimum Gasteiger partial charge on any atom is -0.462 e. The molecule has 0 saturated carbocycles. The number of aliphatic hydroxyl groups is 3. The second-order valence-electron chi connectivity index (χ2n) is 4.27. The molecule has 5 N–H and O–H groups in total. The van der Waals surface area contributed by atoms with E-state index in [1.165, 1.54) is 7.11 Å². The highest BCUT2D eigenvalue weighted by Crippen LogP contribution is 2.24. The molecule has 1 heterocycles. The largest absolute Gasteiger partial charge is 0.462 e. The predicted molar refractivity (Wildman–Crippen MR) is 65.2 cm³/mol. The lowest BCUT2D eigenvalue weighted by Crippen LogP contribution is -2.59. The Hall–Kier alpha value is -1.38. The van der Waals surface area contributed by atoms with E-state index in [1.807, 2.05) is 0 Å². The van der Waals surface area contributed by atoms with E-state index in [-0.39, 0.29) is 0 Å². The summed E-state index contributed by atoms with van der Waals surface area (Å²) < 4.78 is 15.5. The van der Waals surface area contributed by atoms with Gasteiger partial charge in [0.2, 0.25) is 6.29 Å². The first-order chi connectivity index (χ1) is 9.02. The van der Waals surface area contributed by atoms with Crippen LogP contribution < -0.4 is 10.5 Å². The van der Waals surface area contributed by atoms with Crippen molar-refractivity contribution in [2.75, 3.05) is 12.8 Å². The number of ether oxygens (including phenoxy) is 3. The van der Waals surface area contributed by atoms with Crippen LogP contribution in [0.1, 0.15) is 0 Å². The first-order valence-corrected chi connectivity index (χ1v) is 5.77. The minimum absolute atomic E-state index is 0.414. The maximum absolute atomic E-state index is 9.80. The van der Waals surface area contributed by atoms with Crippen LogP contribution in [-0.2, 0) is 9.47 Å². The van der Waals surface area contributed by atoms with Crippen molar-refractivity contribution in [2.24, 2.45) is 0 Å². The smallest absolute Gasteiger partial charge is 0.231 e. The normalized spacial score (nSPS) is 35.1. The Morgan fingerprint density at radius 2 is 1.58 bits per heavy atom. The van der Waals surface area contributed by atoms with Crippen LogP contribution in [0.25, 0.3) is 0 Å². The van der Waals surface area contributed by atoms with Gasteiger partial charge in [0.1, 0.15) is 24.1 Å². The average molecular weight is 271 g/mol. The third kappa shape index (κ3) is 2.96. The van der Waals surface area contributed by atoms with Gasteiger partial charge in [-0.1, -0.05) is 0 Å². The van der Waals surface area contributed by atoms with E-state index in [0.29, 0.717) is 11.4 Å². The molecule has 0 radical (unpaired) electrons. The molecule has 7 nitrogen and oxygen atoms in total. The number of aliphatic hydroxyl groups excluding tert-OH is 3. The quantitative estimate of drug-likeness (QED) is 0.524. The highest BCUT2D eigenvalue weighted by atomic mass is 16.8. The first-order valence-electron chi connectivity index (χ1n) is 5.77. The monoisotopic (exact) mass is 271 g/mol. The molecule has 0 aromatic heterocycles. The summed E-state index contributed by atoms with van der Waals surface area (Å²) in [6.07, 6.45) is -6.37. The lowest BCUT2D eigenvalue weighted by molar-refractivity contribution is -0.327. The minimum atomic E-state index is -1.42. The molecule has 1 saturated heterocycles. The maximum Gasteiger partial charge on any atom is 0.231 e. The first kappa shape index (κ1) is 14.0. The molecule has 0 spiro atoms. The summed E-state index contributed by atoms with van der Waals surface area (Å²) >= 11 is 0. The lowest BCUT2D eigenvalue weighted by Gasteiger charge is -2.39. The highest BCUT2D eigenvalue weighted by molar-refractivity contribution is 5.41. The van der Waals surface area contributed by atoms with E-state index in [2.05, 4.69) is 0 Å². The van der Waals surface area contributed by atoms with Crippen LogP contribution in [0.2, 0.25) is 0 Å². The van der Waals surface area contributed by atoms with E-state index in [1.54, 1.807) is 24.3 Å². The Morgan fingerprint density at radius 1 is 1.00 bits per heavy atom. The van der Waals surface area contributed by atoms with Gasteiger partial charge in [0.05, 0.1) is 0 Å². The van der Waals surface area contributed by atoms with Crippen LogP contribution in [0.4, 0.5) is 5.69 Å². The van der Waals surface area contributed by atoms with Crippen LogP contribution in [0, 0.1) is 0 Å². The zero-order valence-corrected chi connectivity index (χ0v) is 10.3. The molecule has 0 bridgehead atoms. The summed E-state index contributed by atoms with van der Waals surface area (Å²) in [5.41, 5.74) is 6.11. The molecular weight excluding hydrogens is 254 g/mol. The standard InChI is InChI=1S/C12H17NO6/c1-17-11-9(15)8(14)10(16)12(19-11)18-7-4-2-6(13)3-5-7/h2-5,8-12,14-16H,13H2,1H3/t8-,9+,10+,11-,12+/m0/s1. The Labute approximate surface area is 110 Å². The number of hydrogen-bond acceptors (Lipinski definition) is 7. The van der Waals surface area contributed by atoms with Crippen molar-refractivity contribution in [3.63, 3.8) is 0 Å². The summed E-state index contributed by atoms with van der Waals surface area (Å²) in [6, 6.07) is 6.46. The van der Waals surface area contributed by atoms with Gasteiger partial charge in [-0.25, -0.2) is 0 Å². The van der Waals surface area contributed by atoms with Crippen molar-refractivity contribution in [2.45, 2.75) is 30.9 Å². The van der Waals surface area contributed by atoms with E-state index in [0.717, 1.165) is 0 Å². The number of benzene rings is 1. The summed E-state index contributed by atoms with van der Waals surface area (Å²) in [5, 5.41) is 29.1. The lowest BCUT2D eigenvalue weighted by atomic mass is 10.0. The molecular formula is C12H17NO6. The molecule has 0 amide bonds. The van der Waals surface area contributed by atoms with Crippen LogP contribution in [-0.4, -0.2) is 53.3 Å². The van der Waals surface area contributed by atoms with Gasteiger partial charge in [-0.2, -0.15) is 0 Å². The molecule has 5 atom stereocenters. The Balaban J connectivity index is 2.08. The number of nitrogens with two attached hydrogens (primary N) is 1. The van der Waals surface area contributed by atoms with Crippen LogP contribution in [0.15, 0.2) is 24.3 Å². The number of methoxy groups -OCH3 is 1. The van der Waals surface area contributed by atoms with Crippen molar-refractivity contribution in [3.8, 4) is 5.75 Å². The average Bonchev–Trinajstić information content (AvgIpc) is 2.42. The molecule has 1 fully saturated rings. The Kier molecular flexibility index (Phi) is 4.23. The third-order valence-electron chi connectivity index (χ3n) is 2.89. The second-order valence-corrected chi connectivity index (χ2v) is 4.27. The zero-order chi connectivity index (χ0) is 14.0. The van der Waals surface area contributed by atoms with Gasteiger partial charge in [-0.05, 0) is 24.3 Å². The van der Waals surface area contributed by atoms with E-state index in [4.69, 9.17) is 19.9 Å². The molecule has 1 aliphatic rings. The van der Waals surface area contributed by atoms with Gasteiger partial charge in [0, 0.05) is 12.8 Å². The molecule has 106 valence electrons. The topological polar surface area (TPSA) is 114 Å². The molecule has 2 rings (SSSR count). The van der Waals surface area contributed by atoms with E-state index < -0.39 is 30.9 Å². The fourth-order valence-electron chi connectivity index (χ4n) is 1.79. The van der Waals surface area contributed by atoms with Crippen LogP contribution in [0.5, 0.6) is 5.75 Å². The fraction of sp³-hybridized carbons (Fsp3) is 0.500. The summed E-state index contributed by atoms with van der Waals surface area (Å²) in [6.45, 7) is 0. The molecule has 1 aromatic rings. The molecule has 0 unspecified atom stereocenters. The third-order valence-corrected chi connectivity index (χ3v) is 2.89. The van der Waals surface area contributed by atoms with Gasteiger partial charge < -0.3 is 35.3 Å².